The molecular formula is C16H26N2O. The van der Waals surface area contributed by atoms with Crippen LogP contribution in [0.2, 0.25) is 0 Å². The van der Waals surface area contributed by atoms with E-state index in [0.717, 1.165) is 25.4 Å². The molecule has 0 atom stereocenters. The van der Waals surface area contributed by atoms with E-state index >= 15 is 0 Å². The minimum Gasteiger partial charge on any atom is -0.497 e. The maximum Gasteiger partial charge on any atom is 0.119 e. The van der Waals surface area contributed by atoms with E-state index < -0.39 is 0 Å². The number of hydrogen-bond acceptors (Lipinski definition) is 3. The van der Waals surface area contributed by atoms with E-state index in [1.54, 1.807) is 7.11 Å². The first kappa shape index (κ1) is 14.2. The largest absolute Gasteiger partial charge is 0.497 e. The molecule has 0 aromatic heterocycles. The number of aryl methyl sites for hydroxylation is 1. The topological polar surface area (TPSA) is 24.5 Å². The van der Waals surface area contributed by atoms with Gasteiger partial charge in [-0.25, -0.2) is 0 Å². The van der Waals surface area contributed by atoms with Gasteiger partial charge in [-0.1, -0.05) is 13.8 Å². The Morgan fingerprint density at radius 3 is 2.63 bits per heavy atom. The van der Waals surface area contributed by atoms with E-state index in [9.17, 15) is 0 Å². The van der Waals surface area contributed by atoms with Crippen molar-refractivity contribution in [3.8, 4) is 5.75 Å². The van der Waals surface area contributed by atoms with Gasteiger partial charge >= 0.3 is 0 Å². The Kier molecular flexibility index (Phi) is 4.35. The number of nitrogens with one attached hydrogen (secondary N) is 1. The fourth-order valence-electron chi connectivity index (χ4n) is 3.00. The average Bonchev–Trinajstić information content (AvgIpc) is 2.47. The van der Waals surface area contributed by atoms with Gasteiger partial charge in [0.1, 0.15) is 5.75 Å². The van der Waals surface area contributed by atoms with Crippen molar-refractivity contribution in [1.29, 1.82) is 0 Å². The van der Waals surface area contributed by atoms with Gasteiger partial charge in [-0.05, 0) is 43.5 Å². The molecule has 0 radical (unpaired) electrons. The van der Waals surface area contributed by atoms with Crippen molar-refractivity contribution >= 4 is 5.69 Å². The van der Waals surface area contributed by atoms with Crippen molar-refractivity contribution in [3.05, 3.63) is 23.8 Å². The van der Waals surface area contributed by atoms with Gasteiger partial charge in [0, 0.05) is 30.9 Å². The molecule has 1 fully saturated rings. The third kappa shape index (κ3) is 2.86. The number of rotatable bonds is 4. The number of piperazine rings is 1. The van der Waals surface area contributed by atoms with Crippen molar-refractivity contribution in [2.75, 3.05) is 31.6 Å². The second kappa shape index (κ2) is 5.83. The molecule has 1 N–H and O–H groups in total. The number of benzene rings is 1. The Labute approximate surface area is 116 Å². The van der Waals surface area contributed by atoms with Crippen LogP contribution in [-0.2, 0) is 0 Å². The molecule has 1 aliphatic heterocycles. The van der Waals surface area contributed by atoms with Crippen LogP contribution >= 0.6 is 0 Å². The van der Waals surface area contributed by atoms with E-state index in [1.807, 2.05) is 0 Å². The van der Waals surface area contributed by atoms with Gasteiger partial charge in [-0.15, -0.1) is 0 Å². The summed E-state index contributed by atoms with van der Waals surface area (Å²) in [7, 11) is 1.72. The van der Waals surface area contributed by atoms with E-state index in [1.165, 1.54) is 24.1 Å². The predicted molar refractivity (Wildman–Crippen MR) is 81.3 cm³/mol. The van der Waals surface area contributed by atoms with Crippen LogP contribution < -0.4 is 15.0 Å². The number of nitrogens with zero attached hydrogens (tertiary/aromatic N) is 1. The summed E-state index contributed by atoms with van der Waals surface area (Å²) in [5.74, 6) is 0.939. The summed E-state index contributed by atoms with van der Waals surface area (Å²) in [5.41, 5.74) is 2.90. The van der Waals surface area contributed by atoms with E-state index in [0.29, 0.717) is 0 Å². The highest BCUT2D eigenvalue weighted by atomic mass is 16.5. The van der Waals surface area contributed by atoms with Crippen LogP contribution in [0.4, 0.5) is 5.69 Å². The summed E-state index contributed by atoms with van der Waals surface area (Å²) < 4.78 is 5.29. The van der Waals surface area contributed by atoms with Gasteiger partial charge < -0.3 is 15.0 Å². The van der Waals surface area contributed by atoms with Gasteiger partial charge in [-0.3, -0.25) is 0 Å². The molecule has 19 heavy (non-hydrogen) atoms. The Balaban J connectivity index is 2.22. The van der Waals surface area contributed by atoms with Gasteiger partial charge in [0.15, 0.2) is 0 Å². The van der Waals surface area contributed by atoms with Crippen molar-refractivity contribution in [2.45, 2.75) is 39.2 Å². The highest BCUT2D eigenvalue weighted by Gasteiger charge is 2.32. The SMILES string of the molecule is CCC1(CC)CN(c2ccc(OC)cc2C)CCN1. The molecule has 0 unspecified atom stereocenters. The quantitative estimate of drug-likeness (QED) is 0.903. The molecule has 0 amide bonds. The molecule has 0 aliphatic carbocycles. The Bertz CT molecular complexity index is 427. The Morgan fingerprint density at radius 2 is 2.05 bits per heavy atom. The summed E-state index contributed by atoms with van der Waals surface area (Å²) in [5, 5.41) is 3.71. The lowest BCUT2D eigenvalue weighted by Crippen LogP contribution is -2.60. The average molecular weight is 262 g/mol. The molecule has 1 aromatic rings. The minimum atomic E-state index is 0.268. The van der Waals surface area contributed by atoms with E-state index in [2.05, 4.69) is 49.2 Å². The zero-order valence-electron chi connectivity index (χ0n) is 12.6. The van der Waals surface area contributed by atoms with E-state index in [4.69, 9.17) is 4.74 Å². The molecule has 0 bridgehead atoms. The predicted octanol–water partition coefficient (Wildman–Crippen LogP) is 2.97. The molecule has 0 saturated carbocycles. The molecule has 1 heterocycles. The van der Waals surface area contributed by atoms with Crippen LogP contribution in [0.1, 0.15) is 32.3 Å². The highest BCUT2D eigenvalue weighted by Crippen LogP contribution is 2.29. The standard InChI is InChI=1S/C16H26N2O/c1-5-16(6-2)12-18(10-9-17-16)15-8-7-14(19-4)11-13(15)3/h7-8,11,17H,5-6,9-10,12H2,1-4H3. The third-order valence-corrected chi connectivity index (χ3v) is 4.47. The zero-order chi connectivity index (χ0) is 13.9. The fourth-order valence-corrected chi connectivity index (χ4v) is 3.00. The van der Waals surface area contributed by atoms with Gasteiger partial charge in [0.05, 0.1) is 7.11 Å². The molecule has 1 aromatic carbocycles. The summed E-state index contributed by atoms with van der Waals surface area (Å²) in [6.45, 7) is 9.95. The first-order valence-electron chi connectivity index (χ1n) is 7.28. The smallest absolute Gasteiger partial charge is 0.119 e. The molecule has 106 valence electrons. The molecule has 1 saturated heterocycles. The lowest BCUT2D eigenvalue weighted by molar-refractivity contribution is 0.277. The molecule has 3 heteroatoms. The number of anilines is 1. The normalized spacial score (nSPS) is 18.4. The number of methoxy groups -OCH3 is 1. The Hall–Kier alpha value is -1.22. The zero-order valence-corrected chi connectivity index (χ0v) is 12.6. The van der Waals surface area contributed by atoms with Crippen LogP contribution in [0.15, 0.2) is 18.2 Å². The monoisotopic (exact) mass is 262 g/mol. The lowest BCUT2D eigenvalue weighted by atomic mass is 9.90. The van der Waals surface area contributed by atoms with Crippen molar-refractivity contribution in [1.82, 2.24) is 5.32 Å². The van der Waals surface area contributed by atoms with Gasteiger partial charge in [-0.2, -0.15) is 0 Å². The van der Waals surface area contributed by atoms with E-state index in [-0.39, 0.29) is 5.54 Å². The van der Waals surface area contributed by atoms with Crippen LogP contribution in [0, 0.1) is 6.92 Å². The minimum absolute atomic E-state index is 0.268. The van der Waals surface area contributed by atoms with Crippen LogP contribution in [-0.4, -0.2) is 32.3 Å². The summed E-state index contributed by atoms with van der Waals surface area (Å²) in [4.78, 5) is 2.51. The van der Waals surface area contributed by atoms with Crippen LogP contribution in [0.3, 0.4) is 0 Å². The maximum atomic E-state index is 5.29. The van der Waals surface area contributed by atoms with Crippen molar-refractivity contribution in [3.63, 3.8) is 0 Å². The van der Waals surface area contributed by atoms with Gasteiger partial charge in [0.25, 0.3) is 0 Å². The van der Waals surface area contributed by atoms with Crippen molar-refractivity contribution < 1.29 is 4.74 Å². The third-order valence-electron chi connectivity index (χ3n) is 4.47. The number of hydrogen-bond donors (Lipinski definition) is 1. The van der Waals surface area contributed by atoms with Gasteiger partial charge in [0.2, 0.25) is 0 Å². The fraction of sp³-hybridized carbons (Fsp3) is 0.625. The highest BCUT2D eigenvalue weighted by molar-refractivity contribution is 5.56. The molecule has 2 rings (SSSR count). The second-order valence-corrected chi connectivity index (χ2v) is 5.49. The first-order valence-corrected chi connectivity index (χ1v) is 7.28. The lowest BCUT2D eigenvalue weighted by Gasteiger charge is -2.44. The Morgan fingerprint density at radius 1 is 1.32 bits per heavy atom. The first-order chi connectivity index (χ1) is 9.14. The molecule has 0 spiro atoms. The van der Waals surface area contributed by atoms with Crippen LogP contribution in [0.5, 0.6) is 5.75 Å². The van der Waals surface area contributed by atoms with Crippen molar-refractivity contribution in [2.24, 2.45) is 0 Å². The second-order valence-electron chi connectivity index (χ2n) is 5.49. The van der Waals surface area contributed by atoms with Crippen LogP contribution in [0.25, 0.3) is 0 Å². The summed E-state index contributed by atoms with van der Waals surface area (Å²) in [6, 6.07) is 6.37. The summed E-state index contributed by atoms with van der Waals surface area (Å²) >= 11 is 0. The molecular weight excluding hydrogens is 236 g/mol. The molecule has 3 nitrogen and oxygen atoms in total. The number of ether oxygens (including phenoxy) is 1. The summed E-state index contributed by atoms with van der Waals surface area (Å²) in [6.07, 6.45) is 2.35. The maximum absolute atomic E-state index is 5.29. The molecule has 1 aliphatic rings.